The van der Waals surface area contributed by atoms with Crippen molar-refractivity contribution in [2.75, 3.05) is 11.9 Å². The van der Waals surface area contributed by atoms with Crippen LogP contribution in [0.2, 0.25) is 0 Å². The summed E-state index contributed by atoms with van der Waals surface area (Å²) in [6.07, 6.45) is 0. The molecule has 14 heteroatoms. The fourth-order valence-electron chi connectivity index (χ4n) is 2.06. The molecule has 0 bridgehead atoms. The van der Waals surface area contributed by atoms with E-state index < -0.39 is 26.8 Å². The van der Waals surface area contributed by atoms with Gasteiger partial charge in [0.2, 0.25) is 21.7 Å². The third-order valence-corrected chi connectivity index (χ3v) is 5.48. The third kappa shape index (κ3) is 3.91. The summed E-state index contributed by atoms with van der Waals surface area (Å²) in [6, 6.07) is 3.84. The summed E-state index contributed by atoms with van der Waals surface area (Å²) in [7, 11) is -3.76. The van der Waals surface area contributed by atoms with Crippen LogP contribution in [-0.2, 0) is 10.0 Å². The highest BCUT2D eigenvalue weighted by Gasteiger charge is 2.24. The molecule has 0 fully saturated rings. The minimum Gasteiger partial charge on any atom is -0.364 e. The minimum absolute atomic E-state index is 0.0112. The first kappa shape index (κ1) is 19.2. The van der Waals surface area contributed by atoms with E-state index in [9.17, 15) is 17.6 Å². The van der Waals surface area contributed by atoms with Crippen LogP contribution in [0.5, 0.6) is 0 Å². The van der Waals surface area contributed by atoms with Gasteiger partial charge in [-0.15, -0.1) is 0 Å². The summed E-state index contributed by atoms with van der Waals surface area (Å²) in [5.74, 6) is -1.43. The fraction of sp³-hybridized carbons (Fsp3) is 0.231. The number of sulfonamides is 1. The molecule has 0 aliphatic heterocycles. The van der Waals surface area contributed by atoms with Crippen molar-refractivity contribution in [1.29, 1.82) is 0 Å². The maximum Gasteiger partial charge on any atom is 0.446 e. The minimum atomic E-state index is -3.76. The number of anilines is 1. The number of nitrogens with two attached hydrogens (primary N) is 1. The number of benzene rings is 1. The molecule has 144 valence electrons. The molecule has 0 saturated carbocycles. The lowest BCUT2D eigenvalue weighted by Gasteiger charge is -2.09. The van der Waals surface area contributed by atoms with Gasteiger partial charge in [0, 0.05) is 6.54 Å². The molecule has 3 N–H and O–H groups in total. The van der Waals surface area contributed by atoms with Gasteiger partial charge in [-0.3, -0.25) is 4.52 Å². The summed E-state index contributed by atoms with van der Waals surface area (Å²) in [5.41, 5.74) is 0.235. The Bertz CT molecular complexity index is 1140. The first-order valence-corrected chi connectivity index (χ1v) is 9.71. The maximum atomic E-state index is 13.5. The molecule has 0 spiro atoms. The summed E-state index contributed by atoms with van der Waals surface area (Å²) >= 11 is 3.03. The Hall–Kier alpha value is -2.58. The van der Waals surface area contributed by atoms with E-state index >= 15 is 0 Å². The summed E-state index contributed by atoms with van der Waals surface area (Å²) in [6.45, 7) is 1.31. The molecule has 3 aromatic rings. The van der Waals surface area contributed by atoms with Crippen molar-refractivity contribution in [3.05, 3.63) is 39.0 Å². The number of halogens is 2. The van der Waals surface area contributed by atoms with Crippen molar-refractivity contribution in [1.82, 2.24) is 20.0 Å². The van der Waals surface area contributed by atoms with Crippen LogP contribution in [-0.4, -0.2) is 40.2 Å². The van der Waals surface area contributed by atoms with Gasteiger partial charge < -0.3 is 5.32 Å². The molecule has 0 saturated heterocycles. The molecule has 2 heterocycles. The quantitative estimate of drug-likeness (QED) is 0.541. The second kappa shape index (κ2) is 7.21. The molecule has 1 aromatic carbocycles. The van der Waals surface area contributed by atoms with Gasteiger partial charge in [0.1, 0.15) is 5.82 Å². The smallest absolute Gasteiger partial charge is 0.364 e. The summed E-state index contributed by atoms with van der Waals surface area (Å²) < 4.78 is 46.6. The topological polar surface area (TPSA) is 159 Å². The summed E-state index contributed by atoms with van der Waals surface area (Å²) in [5, 5.41) is 17.8. The Balaban J connectivity index is 1.99. The lowest BCUT2D eigenvalue weighted by atomic mass is 10.3. The van der Waals surface area contributed by atoms with Gasteiger partial charge in [-0.2, -0.15) is 0 Å². The molecule has 0 radical (unpaired) electrons. The molecule has 27 heavy (non-hydrogen) atoms. The largest absolute Gasteiger partial charge is 0.446 e. The van der Waals surface area contributed by atoms with Gasteiger partial charge in [-0.1, -0.05) is 5.16 Å². The predicted octanol–water partition coefficient (Wildman–Crippen LogP) is 0.866. The lowest BCUT2D eigenvalue weighted by molar-refractivity contribution is 0.309. The van der Waals surface area contributed by atoms with Gasteiger partial charge in [0.05, 0.1) is 15.4 Å². The number of rotatable bonds is 6. The SMILES string of the molecule is CC(CNc1nonc1-c1noc(=O)n1-c1ccc(F)c(Br)c1)S(N)(=O)=O. The number of hydrogen-bond acceptors (Lipinski definition) is 9. The number of nitrogens with one attached hydrogen (secondary N) is 1. The maximum absolute atomic E-state index is 13.5. The number of primary sulfonamides is 1. The van der Waals surface area contributed by atoms with Gasteiger partial charge >= 0.3 is 5.76 Å². The van der Waals surface area contributed by atoms with Crippen molar-refractivity contribution in [2.45, 2.75) is 12.2 Å². The first-order chi connectivity index (χ1) is 12.7. The van der Waals surface area contributed by atoms with Crippen LogP contribution >= 0.6 is 15.9 Å². The monoisotopic (exact) mass is 462 g/mol. The lowest BCUT2D eigenvalue weighted by Crippen LogP contribution is -2.32. The molecule has 1 unspecified atom stereocenters. The van der Waals surface area contributed by atoms with Crippen molar-refractivity contribution >= 4 is 31.8 Å². The highest BCUT2D eigenvalue weighted by molar-refractivity contribution is 9.10. The van der Waals surface area contributed by atoms with E-state index in [2.05, 4.69) is 45.9 Å². The summed E-state index contributed by atoms with van der Waals surface area (Å²) in [4.78, 5) is 12.1. The molecule has 0 aliphatic rings. The fourth-order valence-corrected chi connectivity index (χ4v) is 2.74. The van der Waals surface area contributed by atoms with E-state index in [0.717, 1.165) is 10.6 Å². The van der Waals surface area contributed by atoms with E-state index in [1.807, 2.05) is 0 Å². The molecule has 0 aliphatic carbocycles. The van der Waals surface area contributed by atoms with Gasteiger partial charge in [-0.25, -0.2) is 31.9 Å². The van der Waals surface area contributed by atoms with Gasteiger partial charge in [-0.05, 0) is 51.4 Å². The van der Waals surface area contributed by atoms with Crippen LogP contribution in [0.1, 0.15) is 6.92 Å². The molecule has 0 amide bonds. The Labute approximate surface area is 159 Å². The third-order valence-electron chi connectivity index (χ3n) is 3.58. The molecule has 11 nitrogen and oxygen atoms in total. The number of aromatic nitrogens is 4. The second-order valence-electron chi connectivity index (χ2n) is 5.45. The van der Waals surface area contributed by atoms with Crippen molar-refractivity contribution < 1.29 is 22.0 Å². The zero-order chi connectivity index (χ0) is 19.8. The van der Waals surface area contributed by atoms with E-state index in [-0.39, 0.29) is 34.0 Å². The Morgan fingerprint density at radius 3 is 2.78 bits per heavy atom. The molecular formula is C13H12BrFN6O5S. The average Bonchev–Trinajstić information content (AvgIpc) is 3.20. The van der Waals surface area contributed by atoms with Gasteiger partial charge in [0.15, 0.2) is 5.69 Å². The standard InChI is InChI=1S/C13H12BrFN6O5S/c1-6(27(16,23)24)5-17-11-10(18-26-19-11)12-20-25-13(22)21(12)7-2-3-9(15)8(14)4-7/h2-4,6H,5H2,1H3,(H,17,19)(H2,16,23,24). The normalized spacial score (nSPS) is 12.9. The zero-order valence-electron chi connectivity index (χ0n) is 13.6. The highest BCUT2D eigenvalue weighted by atomic mass is 79.9. The number of hydrogen-bond donors (Lipinski definition) is 2. The predicted molar refractivity (Wildman–Crippen MR) is 94.1 cm³/mol. The Kier molecular flexibility index (Phi) is 5.12. The van der Waals surface area contributed by atoms with Crippen molar-refractivity contribution in [3.63, 3.8) is 0 Å². The van der Waals surface area contributed by atoms with Crippen LogP contribution < -0.4 is 16.2 Å². The molecular weight excluding hydrogens is 451 g/mol. The first-order valence-electron chi connectivity index (χ1n) is 7.31. The average molecular weight is 463 g/mol. The van der Waals surface area contributed by atoms with Crippen LogP contribution in [0.15, 0.2) is 36.6 Å². The Morgan fingerprint density at radius 1 is 1.37 bits per heavy atom. The van der Waals surface area contributed by atoms with E-state index in [4.69, 9.17) is 5.14 Å². The van der Waals surface area contributed by atoms with Crippen molar-refractivity contribution in [3.8, 4) is 17.2 Å². The van der Waals surface area contributed by atoms with Gasteiger partial charge in [0.25, 0.3) is 0 Å². The zero-order valence-corrected chi connectivity index (χ0v) is 16.0. The van der Waals surface area contributed by atoms with Crippen LogP contribution in [0.4, 0.5) is 10.2 Å². The molecule has 1 atom stereocenters. The van der Waals surface area contributed by atoms with E-state index in [0.29, 0.717) is 0 Å². The Morgan fingerprint density at radius 2 is 2.11 bits per heavy atom. The van der Waals surface area contributed by atoms with Crippen molar-refractivity contribution in [2.24, 2.45) is 5.14 Å². The van der Waals surface area contributed by atoms with E-state index in [1.54, 1.807) is 0 Å². The van der Waals surface area contributed by atoms with Crippen LogP contribution in [0.25, 0.3) is 17.2 Å². The van der Waals surface area contributed by atoms with Crippen LogP contribution in [0.3, 0.4) is 0 Å². The number of nitrogens with zero attached hydrogens (tertiary/aromatic N) is 4. The molecule has 3 rings (SSSR count). The van der Waals surface area contributed by atoms with E-state index in [1.165, 1.54) is 19.1 Å². The molecule has 2 aromatic heterocycles. The second-order valence-corrected chi connectivity index (χ2v) is 8.29. The highest BCUT2D eigenvalue weighted by Crippen LogP contribution is 2.26. The van der Waals surface area contributed by atoms with Crippen LogP contribution in [0, 0.1) is 5.82 Å².